The molecule has 1 aliphatic rings. The number of carbonyl (C=O) groups excluding carboxylic acids is 1. The molecule has 1 aliphatic heterocycles. The molecule has 172 valence electrons. The number of anilines is 1. The van der Waals surface area contributed by atoms with E-state index in [0.29, 0.717) is 18.8 Å². The predicted molar refractivity (Wildman–Crippen MR) is 130 cm³/mol. The van der Waals surface area contributed by atoms with Gasteiger partial charge in [0.15, 0.2) is 0 Å². The number of rotatable bonds is 7. The SMILES string of the molecule is Cc1cccc(N(CC(=O)N2CC[NH+](Cc3ccccc3)CC2)S(=O)(=O)c2ccccc2)c1. The van der Waals surface area contributed by atoms with Crippen LogP contribution in [-0.2, 0) is 21.4 Å². The van der Waals surface area contributed by atoms with E-state index in [9.17, 15) is 13.2 Å². The Morgan fingerprint density at radius 3 is 2.18 bits per heavy atom. The van der Waals surface area contributed by atoms with E-state index in [-0.39, 0.29) is 17.3 Å². The highest BCUT2D eigenvalue weighted by atomic mass is 32.2. The molecule has 6 nitrogen and oxygen atoms in total. The van der Waals surface area contributed by atoms with E-state index in [0.717, 1.165) is 25.2 Å². The fourth-order valence-electron chi connectivity index (χ4n) is 4.17. The third-order valence-corrected chi connectivity index (χ3v) is 7.81. The largest absolute Gasteiger partial charge is 0.330 e. The van der Waals surface area contributed by atoms with Crippen LogP contribution in [-0.4, -0.2) is 51.9 Å². The number of quaternary nitrogens is 1. The maximum absolute atomic E-state index is 13.5. The second-order valence-electron chi connectivity index (χ2n) is 8.46. The summed E-state index contributed by atoms with van der Waals surface area (Å²) in [6, 6.07) is 25.9. The molecule has 0 aromatic heterocycles. The van der Waals surface area contributed by atoms with Crippen molar-refractivity contribution in [2.24, 2.45) is 0 Å². The lowest BCUT2D eigenvalue weighted by molar-refractivity contribution is -0.917. The summed E-state index contributed by atoms with van der Waals surface area (Å²) in [6.07, 6.45) is 0. The first-order valence-electron chi connectivity index (χ1n) is 11.2. The summed E-state index contributed by atoms with van der Waals surface area (Å²) in [7, 11) is -3.88. The second kappa shape index (κ2) is 10.2. The van der Waals surface area contributed by atoms with Crippen molar-refractivity contribution in [2.45, 2.75) is 18.4 Å². The molecule has 1 amide bonds. The standard InChI is InChI=1S/C26H29N3O3S/c1-22-9-8-12-24(19-22)29(33(31,32)25-13-6-3-7-14-25)21-26(30)28-17-15-27(16-18-28)20-23-10-4-2-5-11-23/h2-14,19H,15-18,20-21H2,1H3/p+1. The zero-order valence-electron chi connectivity index (χ0n) is 18.9. The first kappa shape index (κ1) is 23.0. The van der Waals surface area contributed by atoms with Crippen molar-refractivity contribution in [2.75, 3.05) is 37.0 Å². The Bertz CT molecular complexity index is 1180. The van der Waals surface area contributed by atoms with Crippen LogP contribution in [0.3, 0.4) is 0 Å². The predicted octanol–water partition coefficient (Wildman–Crippen LogP) is 2.12. The van der Waals surface area contributed by atoms with Gasteiger partial charge in [-0.05, 0) is 36.8 Å². The third kappa shape index (κ3) is 5.61. The van der Waals surface area contributed by atoms with Crippen LogP contribution in [0.25, 0.3) is 0 Å². The topological polar surface area (TPSA) is 62.1 Å². The molecule has 3 aromatic carbocycles. The van der Waals surface area contributed by atoms with Crippen molar-refractivity contribution in [1.29, 1.82) is 0 Å². The molecule has 0 radical (unpaired) electrons. The van der Waals surface area contributed by atoms with Gasteiger partial charge in [-0.3, -0.25) is 9.10 Å². The Balaban J connectivity index is 1.48. The van der Waals surface area contributed by atoms with E-state index in [1.165, 1.54) is 14.8 Å². The minimum Gasteiger partial charge on any atom is -0.330 e. The highest BCUT2D eigenvalue weighted by Crippen LogP contribution is 2.24. The number of nitrogens with zero attached hydrogens (tertiary/aromatic N) is 2. The number of amides is 1. The molecule has 3 aromatic rings. The van der Waals surface area contributed by atoms with Crippen molar-refractivity contribution in [3.05, 3.63) is 96.1 Å². The average molecular weight is 465 g/mol. The number of benzene rings is 3. The van der Waals surface area contributed by atoms with E-state index in [1.54, 1.807) is 47.4 Å². The highest BCUT2D eigenvalue weighted by Gasteiger charge is 2.31. The first-order chi connectivity index (χ1) is 15.9. The molecule has 1 heterocycles. The van der Waals surface area contributed by atoms with Crippen LogP contribution in [0.5, 0.6) is 0 Å². The molecular weight excluding hydrogens is 434 g/mol. The van der Waals surface area contributed by atoms with Gasteiger partial charge in [0.05, 0.1) is 36.8 Å². The van der Waals surface area contributed by atoms with Gasteiger partial charge in [0.2, 0.25) is 5.91 Å². The van der Waals surface area contributed by atoms with E-state index in [2.05, 4.69) is 12.1 Å². The summed E-state index contributed by atoms with van der Waals surface area (Å²) in [5.41, 5.74) is 2.72. The van der Waals surface area contributed by atoms with Gasteiger partial charge in [0, 0.05) is 5.56 Å². The molecule has 1 fully saturated rings. The smallest absolute Gasteiger partial charge is 0.264 e. The Labute approximate surface area is 196 Å². The molecule has 1 saturated heterocycles. The number of hydrogen-bond donors (Lipinski definition) is 1. The minimum absolute atomic E-state index is 0.172. The van der Waals surface area contributed by atoms with E-state index in [4.69, 9.17) is 0 Å². The van der Waals surface area contributed by atoms with Crippen molar-refractivity contribution >= 4 is 21.6 Å². The summed E-state index contributed by atoms with van der Waals surface area (Å²) < 4.78 is 28.2. The summed E-state index contributed by atoms with van der Waals surface area (Å²) in [4.78, 5) is 16.6. The number of hydrogen-bond acceptors (Lipinski definition) is 3. The Hall–Kier alpha value is -3.16. The van der Waals surface area contributed by atoms with Gasteiger partial charge in [-0.1, -0.05) is 60.7 Å². The van der Waals surface area contributed by atoms with Crippen LogP contribution in [0.4, 0.5) is 5.69 Å². The highest BCUT2D eigenvalue weighted by molar-refractivity contribution is 7.92. The zero-order chi connectivity index (χ0) is 23.3. The Morgan fingerprint density at radius 2 is 1.55 bits per heavy atom. The maximum Gasteiger partial charge on any atom is 0.264 e. The van der Waals surface area contributed by atoms with Crippen LogP contribution in [0.1, 0.15) is 11.1 Å². The second-order valence-corrected chi connectivity index (χ2v) is 10.3. The van der Waals surface area contributed by atoms with Crippen LogP contribution >= 0.6 is 0 Å². The van der Waals surface area contributed by atoms with Gasteiger partial charge in [-0.25, -0.2) is 8.42 Å². The number of piperazine rings is 1. The van der Waals surface area contributed by atoms with Crippen LogP contribution in [0, 0.1) is 6.92 Å². The van der Waals surface area contributed by atoms with Crippen molar-refractivity contribution in [3.8, 4) is 0 Å². The maximum atomic E-state index is 13.5. The number of aryl methyl sites for hydroxylation is 1. The van der Waals surface area contributed by atoms with Crippen LogP contribution < -0.4 is 9.21 Å². The molecule has 4 rings (SSSR count). The number of nitrogens with one attached hydrogen (secondary N) is 1. The van der Waals surface area contributed by atoms with Gasteiger partial charge < -0.3 is 9.80 Å². The molecule has 0 unspecified atom stereocenters. The molecule has 1 N–H and O–H groups in total. The van der Waals surface area contributed by atoms with Gasteiger partial charge >= 0.3 is 0 Å². The molecule has 0 spiro atoms. The molecule has 0 aliphatic carbocycles. The van der Waals surface area contributed by atoms with Crippen molar-refractivity contribution in [3.63, 3.8) is 0 Å². The monoisotopic (exact) mass is 464 g/mol. The van der Waals surface area contributed by atoms with Gasteiger partial charge in [-0.2, -0.15) is 0 Å². The summed E-state index contributed by atoms with van der Waals surface area (Å²) in [5.74, 6) is -0.172. The Morgan fingerprint density at radius 1 is 0.909 bits per heavy atom. The lowest BCUT2D eigenvalue weighted by Gasteiger charge is -2.34. The summed E-state index contributed by atoms with van der Waals surface area (Å²) in [6.45, 7) is 5.55. The van der Waals surface area contributed by atoms with E-state index in [1.807, 2.05) is 37.3 Å². The van der Waals surface area contributed by atoms with Gasteiger partial charge in [0.25, 0.3) is 10.0 Å². The van der Waals surface area contributed by atoms with E-state index < -0.39 is 10.0 Å². The fourth-order valence-corrected chi connectivity index (χ4v) is 5.60. The minimum atomic E-state index is -3.88. The summed E-state index contributed by atoms with van der Waals surface area (Å²) in [5, 5.41) is 0. The number of carbonyl (C=O) groups is 1. The molecule has 0 atom stereocenters. The molecular formula is C26H30N3O3S+. The lowest BCUT2D eigenvalue weighted by atomic mass is 10.2. The lowest BCUT2D eigenvalue weighted by Crippen LogP contribution is -3.13. The van der Waals surface area contributed by atoms with Crippen LogP contribution in [0.15, 0.2) is 89.8 Å². The first-order valence-corrected chi connectivity index (χ1v) is 12.7. The molecule has 0 saturated carbocycles. The van der Waals surface area contributed by atoms with Crippen LogP contribution in [0.2, 0.25) is 0 Å². The van der Waals surface area contributed by atoms with Gasteiger partial charge in [-0.15, -0.1) is 0 Å². The fraction of sp³-hybridized carbons (Fsp3) is 0.269. The molecule has 0 bridgehead atoms. The van der Waals surface area contributed by atoms with Crippen molar-refractivity contribution in [1.82, 2.24) is 4.90 Å². The zero-order valence-corrected chi connectivity index (χ0v) is 19.7. The third-order valence-electron chi connectivity index (χ3n) is 6.02. The average Bonchev–Trinajstić information content (AvgIpc) is 2.84. The molecule has 7 heteroatoms. The Kier molecular flexibility index (Phi) is 7.11. The summed E-state index contributed by atoms with van der Waals surface area (Å²) >= 11 is 0. The normalized spacial score (nSPS) is 14.8. The number of sulfonamides is 1. The quantitative estimate of drug-likeness (QED) is 0.583. The van der Waals surface area contributed by atoms with E-state index >= 15 is 0 Å². The molecule has 33 heavy (non-hydrogen) atoms. The van der Waals surface area contributed by atoms with Crippen molar-refractivity contribution < 1.29 is 18.1 Å². The van der Waals surface area contributed by atoms with Gasteiger partial charge in [0.1, 0.15) is 13.1 Å².